The maximum atomic E-state index is 12.3. The molecule has 2 heterocycles. The van der Waals surface area contributed by atoms with Gasteiger partial charge in [0.2, 0.25) is 5.82 Å². The fraction of sp³-hybridized carbons (Fsp3) is 0.536. The number of amides is 1. The van der Waals surface area contributed by atoms with Gasteiger partial charge in [0.05, 0.1) is 7.11 Å². The number of nitrogens with one attached hydrogen (secondary N) is 1. The number of carbonyl (C=O) groups excluding carboxylic acids is 1. The minimum absolute atomic E-state index is 0.249. The van der Waals surface area contributed by atoms with Crippen molar-refractivity contribution >= 4 is 14.2 Å². The maximum absolute atomic E-state index is 12.3. The van der Waals surface area contributed by atoms with Crippen molar-refractivity contribution in [3.63, 3.8) is 0 Å². The minimum Gasteiger partial charge on any atom is -0.496 e. The van der Waals surface area contributed by atoms with Crippen LogP contribution in [0.25, 0.3) is 22.5 Å². The van der Waals surface area contributed by atoms with E-state index >= 15 is 0 Å². The van der Waals surface area contributed by atoms with Crippen molar-refractivity contribution in [1.29, 1.82) is 0 Å². The van der Waals surface area contributed by atoms with Crippen LogP contribution < -0.4 is 14.8 Å². The average molecular weight is 555 g/mol. The van der Waals surface area contributed by atoms with Gasteiger partial charge in [-0.15, -0.1) is 15.0 Å². The van der Waals surface area contributed by atoms with Crippen LogP contribution in [0.4, 0.5) is 4.79 Å². The highest BCUT2D eigenvalue weighted by atomic mass is 28.3. The molecule has 0 saturated heterocycles. The van der Waals surface area contributed by atoms with Crippen LogP contribution in [0.1, 0.15) is 45.4 Å². The van der Waals surface area contributed by atoms with E-state index < -0.39 is 14.2 Å². The SMILES string of the molecule is CCCCCCCCNC(=O)Oc1ccc(OC)c(-c2cncc(-c3nnn(COCC[Si](C)(C)C)n3)c2)c1. The van der Waals surface area contributed by atoms with Gasteiger partial charge in [-0.3, -0.25) is 4.98 Å². The van der Waals surface area contributed by atoms with Gasteiger partial charge in [-0.25, -0.2) is 4.79 Å². The molecule has 1 aromatic carbocycles. The fourth-order valence-electron chi connectivity index (χ4n) is 3.86. The first-order valence-electron chi connectivity index (χ1n) is 13.7. The Hall–Kier alpha value is -3.31. The second-order valence-electron chi connectivity index (χ2n) is 10.7. The molecule has 0 fully saturated rings. The molecular weight excluding hydrogens is 512 g/mol. The summed E-state index contributed by atoms with van der Waals surface area (Å²) in [5, 5.41) is 15.5. The van der Waals surface area contributed by atoms with Gasteiger partial charge in [-0.2, -0.15) is 0 Å². The van der Waals surface area contributed by atoms with E-state index in [1.807, 2.05) is 6.07 Å². The summed E-state index contributed by atoms with van der Waals surface area (Å²) in [6.07, 6.45) is 9.89. The van der Waals surface area contributed by atoms with Crippen LogP contribution in [-0.4, -0.2) is 59.6 Å². The molecule has 0 aliphatic heterocycles. The fourth-order valence-corrected chi connectivity index (χ4v) is 4.62. The Morgan fingerprint density at radius 1 is 1.03 bits per heavy atom. The first kappa shape index (κ1) is 30.2. The van der Waals surface area contributed by atoms with E-state index in [2.05, 4.69) is 52.3 Å². The zero-order chi connectivity index (χ0) is 28.1. The highest BCUT2D eigenvalue weighted by Gasteiger charge is 2.15. The lowest BCUT2D eigenvalue weighted by Crippen LogP contribution is -2.27. The molecule has 0 bridgehead atoms. The third-order valence-electron chi connectivity index (χ3n) is 6.14. The van der Waals surface area contributed by atoms with Crippen molar-refractivity contribution in [1.82, 2.24) is 30.5 Å². The number of carbonyl (C=O) groups is 1. The maximum Gasteiger partial charge on any atom is 0.412 e. The molecule has 39 heavy (non-hydrogen) atoms. The van der Waals surface area contributed by atoms with Crippen LogP contribution in [-0.2, 0) is 11.5 Å². The van der Waals surface area contributed by atoms with Crippen LogP contribution in [0.3, 0.4) is 0 Å². The highest BCUT2D eigenvalue weighted by molar-refractivity contribution is 6.76. The number of ether oxygens (including phenoxy) is 3. The van der Waals surface area contributed by atoms with Crippen LogP contribution in [0.5, 0.6) is 11.5 Å². The van der Waals surface area contributed by atoms with Gasteiger partial charge in [0.1, 0.15) is 11.5 Å². The molecule has 1 amide bonds. The van der Waals surface area contributed by atoms with Gasteiger partial charge in [0.15, 0.2) is 6.73 Å². The van der Waals surface area contributed by atoms with Gasteiger partial charge in [0.25, 0.3) is 0 Å². The lowest BCUT2D eigenvalue weighted by molar-refractivity contribution is 0.0674. The van der Waals surface area contributed by atoms with Gasteiger partial charge in [-0.1, -0.05) is 58.7 Å². The largest absolute Gasteiger partial charge is 0.496 e. The van der Waals surface area contributed by atoms with Crippen molar-refractivity contribution in [2.75, 3.05) is 20.3 Å². The van der Waals surface area contributed by atoms with Crippen molar-refractivity contribution in [3.8, 4) is 34.0 Å². The summed E-state index contributed by atoms with van der Waals surface area (Å²) in [7, 11) is 0.440. The molecule has 2 aromatic heterocycles. The molecule has 11 heteroatoms. The Bertz CT molecular complexity index is 1180. The molecule has 0 atom stereocenters. The summed E-state index contributed by atoms with van der Waals surface area (Å²) >= 11 is 0. The van der Waals surface area contributed by atoms with Crippen molar-refractivity contribution < 1.29 is 19.0 Å². The number of unbranched alkanes of at least 4 members (excludes halogenated alkanes) is 5. The first-order valence-corrected chi connectivity index (χ1v) is 17.4. The summed E-state index contributed by atoms with van der Waals surface area (Å²) < 4.78 is 16.8. The second-order valence-corrected chi connectivity index (χ2v) is 16.4. The lowest BCUT2D eigenvalue weighted by atomic mass is 10.0. The quantitative estimate of drug-likeness (QED) is 0.165. The molecule has 0 unspecified atom stereocenters. The molecule has 0 radical (unpaired) electrons. The zero-order valence-corrected chi connectivity index (χ0v) is 24.9. The summed E-state index contributed by atoms with van der Waals surface area (Å²) in [5.74, 6) is 1.48. The molecule has 0 saturated carbocycles. The summed E-state index contributed by atoms with van der Waals surface area (Å²) in [6, 6.07) is 8.22. The van der Waals surface area contributed by atoms with Gasteiger partial charge < -0.3 is 19.5 Å². The molecule has 10 nitrogen and oxygen atoms in total. The molecule has 3 aromatic rings. The van der Waals surface area contributed by atoms with E-state index in [-0.39, 0.29) is 6.73 Å². The molecule has 212 valence electrons. The molecule has 0 aliphatic rings. The third-order valence-corrected chi connectivity index (χ3v) is 7.85. The molecule has 3 rings (SSSR count). The van der Waals surface area contributed by atoms with Crippen LogP contribution in [0.15, 0.2) is 36.7 Å². The molecule has 0 aliphatic carbocycles. The normalized spacial score (nSPS) is 11.4. The molecule has 1 N–H and O–H groups in total. The van der Waals surface area contributed by atoms with E-state index in [0.717, 1.165) is 30.0 Å². The zero-order valence-electron chi connectivity index (χ0n) is 23.9. The van der Waals surface area contributed by atoms with Crippen molar-refractivity contribution in [2.45, 2.75) is 77.9 Å². The Kier molecular flexibility index (Phi) is 11.9. The monoisotopic (exact) mass is 554 g/mol. The van der Waals surface area contributed by atoms with Crippen LogP contribution >= 0.6 is 0 Å². The minimum atomic E-state index is -1.16. The first-order chi connectivity index (χ1) is 18.8. The Balaban J connectivity index is 1.62. The van der Waals surface area contributed by atoms with E-state index in [0.29, 0.717) is 36.0 Å². The average Bonchev–Trinajstić information content (AvgIpc) is 3.39. The predicted molar refractivity (Wildman–Crippen MR) is 155 cm³/mol. The Labute approximate surface area is 232 Å². The van der Waals surface area contributed by atoms with E-state index in [1.54, 1.807) is 37.7 Å². The van der Waals surface area contributed by atoms with Gasteiger partial charge in [-0.05, 0) is 41.9 Å². The second kappa shape index (κ2) is 15.3. The number of rotatable bonds is 16. The number of aromatic nitrogens is 5. The number of hydrogen-bond acceptors (Lipinski definition) is 8. The smallest absolute Gasteiger partial charge is 0.412 e. The van der Waals surface area contributed by atoms with Crippen LogP contribution in [0, 0.1) is 0 Å². The number of methoxy groups -OCH3 is 1. The number of benzene rings is 1. The van der Waals surface area contributed by atoms with E-state index in [1.165, 1.54) is 30.5 Å². The van der Waals surface area contributed by atoms with Crippen LogP contribution in [0.2, 0.25) is 25.7 Å². The summed E-state index contributed by atoms with van der Waals surface area (Å²) in [5.41, 5.74) is 2.20. The molecular formula is C28H42N6O4Si. The number of pyridine rings is 1. The Morgan fingerprint density at radius 2 is 1.79 bits per heavy atom. The standard InChI is InChI=1S/C28H42N6O4Si/c1-6-7-8-9-10-11-14-30-28(35)38-24-12-13-26(36-2)25(18-24)22-17-23(20-29-19-22)27-31-33-34(32-27)21-37-15-16-39(3,4)5/h12-13,17-20H,6-11,14-16,21H2,1-5H3,(H,30,35). The third kappa shape index (κ3) is 10.4. The van der Waals surface area contributed by atoms with Gasteiger partial charge in [0, 0.05) is 50.3 Å². The number of nitrogens with zero attached hydrogens (tertiary/aromatic N) is 5. The van der Waals surface area contributed by atoms with Gasteiger partial charge >= 0.3 is 6.09 Å². The van der Waals surface area contributed by atoms with E-state index in [9.17, 15) is 4.79 Å². The van der Waals surface area contributed by atoms with Crippen molar-refractivity contribution in [3.05, 3.63) is 36.7 Å². The number of hydrogen-bond donors (Lipinski definition) is 1. The topological polar surface area (TPSA) is 113 Å². The lowest BCUT2D eigenvalue weighted by Gasteiger charge is -2.14. The van der Waals surface area contributed by atoms with E-state index in [4.69, 9.17) is 14.2 Å². The Morgan fingerprint density at radius 3 is 2.56 bits per heavy atom. The predicted octanol–water partition coefficient (Wildman–Crippen LogP) is 6.17. The number of tetrazole rings is 1. The van der Waals surface area contributed by atoms with Crippen molar-refractivity contribution in [2.24, 2.45) is 0 Å². The summed E-state index contributed by atoms with van der Waals surface area (Å²) in [6.45, 7) is 10.7. The molecule has 0 spiro atoms. The summed E-state index contributed by atoms with van der Waals surface area (Å²) in [4.78, 5) is 18.1. The highest BCUT2D eigenvalue weighted by Crippen LogP contribution is 2.34.